The molecular weight excluding hydrogens is 380 g/mol. The number of piperidine rings is 1. The predicted molar refractivity (Wildman–Crippen MR) is 115 cm³/mol. The van der Waals surface area contributed by atoms with Crippen LogP contribution in [-0.4, -0.2) is 30.1 Å². The molecule has 1 fully saturated rings. The monoisotopic (exact) mass is 407 g/mol. The summed E-state index contributed by atoms with van der Waals surface area (Å²) in [6.07, 6.45) is 1.86. The molecule has 6 heteroatoms. The fourth-order valence-electron chi connectivity index (χ4n) is 4.26. The van der Waals surface area contributed by atoms with Gasteiger partial charge in [0.2, 0.25) is 5.91 Å². The molecule has 4 rings (SSSR count). The standard InChI is InChI=1S/C24H26N2O4/c1-16-20-8-7-19(27)13-22(20)30-24(29)21(16)14-23(28)25-18-9-11-26(12-10-18)15-17-5-3-2-4-6-17/h2-8,13,18,27H,9-12,14-15H2,1H3,(H,25,28)/p+1. The molecule has 156 valence electrons. The lowest BCUT2D eigenvalue weighted by Crippen LogP contribution is -3.12. The van der Waals surface area contributed by atoms with Gasteiger partial charge in [-0.05, 0) is 24.6 Å². The van der Waals surface area contributed by atoms with Crippen molar-refractivity contribution in [1.29, 1.82) is 0 Å². The van der Waals surface area contributed by atoms with Gasteiger partial charge in [-0.2, -0.15) is 0 Å². The first-order valence-electron chi connectivity index (χ1n) is 10.4. The number of nitrogens with one attached hydrogen (secondary N) is 2. The van der Waals surface area contributed by atoms with Gasteiger partial charge < -0.3 is 19.7 Å². The lowest BCUT2D eigenvalue weighted by atomic mass is 10.0. The topological polar surface area (TPSA) is 84.0 Å². The average molecular weight is 407 g/mol. The fraction of sp³-hybridized carbons (Fsp3) is 0.333. The van der Waals surface area contributed by atoms with Gasteiger partial charge >= 0.3 is 5.63 Å². The molecular formula is C24H27N2O4+. The van der Waals surface area contributed by atoms with Crippen LogP contribution in [0.2, 0.25) is 0 Å². The number of fused-ring (bicyclic) bond motifs is 1. The summed E-state index contributed by atoms with van der Waals surface area (Å²) in [7, 11) is 0. The summed E-state index contributed by atoms with van der Waals surface area (Å²) in [6.45, 7) is 4.85. The second kappa shape index (κ2) is 8.71. The number of phenols is 1. The Labute approximate surface area is 175 Å². The van der Waals surface area contributed by atoms with E-state index in [9.17, 15) is 14.7 Å². The average Bonchev–Trinajstić information content (AvgIpc) is 2.73. The van der Waals surface area contributed by atoms with Gasteiger partial charge in [0, 0.05) is 35.9 Å². The minimum absolute atomic E-state index is 0.00205. The second-order valence-electron chi connectivity index (χ2n) is 8.10. The zero-order valence-corrected chi connectivity index (χ0v) is 17.1. The number of aromatic hydroxyl groups is 1. The number of hydrogen-bond acceptors (Lipinski definition) is 4. The van der Waals surface area contributed by atoms with Gasteiger partial charge in [-0.25, -0.2) is 4.79 Å². The zero-order valence-electron chi connectivity index (χ0n) is 17.1. The lowest BCUT2D eigenvalue weighted by Gasteiger charge is -2.29. The van der Waals surface area contributed by atoms with E-state index < -0.39 is 5.63 Å². The van der Waals surface area contributed by atoms with Crippen molar-refractivity contribution in [2.24, 2.45) is 0 Å². The highest BCUT2D eigenvalue weighted by molar-refractivity contribution is 5.85. The number of hydrogen-bond donors (Lipinski definition) is 3. The van der Waals surface area contributed by atoms with Crippen LogP contribution in [0.4, 0.5) is 0 Å². The summed E-state index contributed by atoms with van der Waals surface area (Å²) >= 11 is 0. The highest BCUT2D eigenvalue weighted by atomic mass is 16.4. The maximum absolute atomic E-state index is 12.6. The van der Waals surface area contributed by atoms with Gasteiger partial charge in [-0.15, -0.1) is 0 Å². The summed E-state index contributed by atoms with van der Waals surface area (Å²) in [6, 6.07) is 15.3. The maximum Gasteiger partial charge on any atom is 0.340 e. The Morgan fingerprint density at radius 1 is 1.17 bits per heavy atom. The quantitative estimate of drug-likeness (QED) is 0.563. The van der Waals surface area contributed by atoms with E-state index in [0.717, 1.165) is 43.4 Å². The van der Waals surface area contributed by atoms with Crippen molar-refractivity contribution >= 4 is 16.9 Å². The molecule has 2 heterocycles. The van der Waals surface area contributed by atoms with E-state index in [4.69, 9.17) is 4.42 Å². The van der Waals surface area contributed by atoms with Crippen molar-refractivity contribution in [3.05, 3.63) is 75.6 Å². The first-order valence-corrected chi connectivity index (χ1v) is 10.4. The van der Waals surface area contributed by atoms with Crippen molar-refractivity contribution in [2.75, 3.05) is 13.1 Å². The van der Waals surface area contributed by atoms with Crippen LogP contribution in [0, 0.1) is 6.92 Å². The Bertz CT molecular complexity index is 1100. The second-order valence-corrected chi connectivity index (χ2v) is 8.10. The molecule has 0 radical (unpaired) electrons. The van der Waals surface area contributed by atoms with Crippen LogP contribution < -0.4 is 15.8 Å². The van der Waals surface area contributed by atoms with Gasteiger partial charge in [0.25, 0.3) is 0 Å². The van der Waals surface area contributed by atoms with Crippen LogP contribution >= 0.6 is 0 Å². The minimum atomic E-state index is -0.525. The molecule has 1 aliphatic rings. The lowest BCUT2D eigenvalue weighted by molar-refractivity contribution is -0.918. The van der Waals surface area contributed by atoms with Crippen molar-refractivity contribution in [3.8, 4) is 5.75 Å². The third-order valence-electron chi connectivity index (χ3n) is 5.96. The van der Waals surface area contributed by atoms with E-state index in [-0.39, 0.29) is 24.1 Å². The zero-order chi connectivity index (χ0) is 21.1. The van der Waals surface area contributed by atoms with E-state index in [2.05, 4.69) is 29.6 Å². The Hall–Kier alpha value is -3.12. The van der Waals surface area contributed by atoms with Crippen LogP contribution in [-0.2, 0) is 17.8 Å². The molecule has 1 aromatic heterocycles. The Kier molecular flexibility index (Phi) is 5.86. The summed E-state index contributed by atoms with van der Waals surface area (Å²) in [5.74, 6) is -0.115. The number of amides is 1. The van der Waals surface area contributed by atoms with Crippen LogP contribution in [0.15, 0.2) is 57.7 Å². The molecule has 0 aliphatic carbocycles. The van der Waals surface area contributed by atoms with Crippen LogP contribution in [0.3, 0.4) is 0 Å². The third-order valence-corrected chi connectivity index (χ3v) is 5.96. The largest absolute Gasteiger partial charge is 0.508 e. The van der Waals surface area contributed by atoms with Gasteiger partial charge in [-0.1, -0.05) is 30.3 Å². The first-order chi connectivity index (χ1) is 14.5. The molecule has 30 heavy (non-hydrogen) atoms. The van der Waals surface area contributed by atoms with E-state index in [1.165, 1.54) is 16.5 Å². The van der Waals surface area contributed by atoms with Crippen molar-refractivity contribution in [1.82, 2.24) is 5.32 Å². The molecule has 0 unspecified atom stereocenters. The molecule has 1 aliphatic heterocycles. The Morgan fingerprint density at radius 2 is 1.90 bits per heavy atom. The van der Waals surface area contributed by atoms with Crippen LogP contribution in [0.5, 0.6) is 5.75 Å². The molecule has 6 nitrogen and oxygen atoms in total. The summed E-state index contributed by atoms with van der Waals surface area (Å²) < 4.78 is 5.32. The number of aryl methyl sites for hydroxylation is 1. The summed E-state index contributed by atoms with van der Waals surface area (Å²) in [4.78, 5) is 26.5. The Balaban J connectivity index is 1.35. The van der Waals surface area contributed by atoms with E-state index in [0.29, 0.717) is 11.1 Å². The number of carbonyl (C=O) groups excluding carboxylic acids is 1. The molecule has 1 amide bonds. The van der Waals surface area contributed by atoms with E-state index in [1.54, 1.807) is 12.1 Å². The molecule has 0 atom stereocenters. The third kappa shape index (κ3) is 4.54. The fourth-order valence-corrected chi connectivity index (χ4v) is 4.26. The summed E-state index contributed by atoms with van der Waals surface area (Å²) in [5, 5.41) is 13.4. The Morgan fingerprint density at radius 3 is 2.63 bits per heavy atom. The number of rotatable bonds is 5. The number of phenolic OH excluding ortho intramolecular Hbond substituents is 1. The number of carbonyl (C=O) groups is 1. The van der Waals surface area contributed by atoms with Crippen molar-refractivity contribution < 1.29 is 19.2 Å². The molecule has 3 aromatic rings. The molecule has 3 N–H and O–H groups in total. The van der Waals surface area contributed by atoms with Crippen LogP contribution in [0.25, 0.3) is 11.0 Å². The molecule has 0 spiro atoms. The van der Waals surface area contributed by atoms with E-state index in [1.807, 2.05) is 13.0 Å². The molecule has 1 saturated heterocycles. The van der Waals surface area contributed by atoms with Crippen molar-refractivity contribution in [2.45, 2.75) is 38.8 Å². The minimum Gasteiger partial charge on any atom is -0.508 e. The van der Waals surface area contributed by atoms with Crippen LogP contribution in [0.1, 0.15) is 29.5 Å². The molecule has 0 saturated carbocycles. The normalized spacial score (nSPS) is 19.0. The van der Waals surface area contributed by atoms with Gasteiger partial charge in [-0.3, -0.25) is 4.79 Å². The molecule has 2 aromatic carbocycles. The summed E-state index contributed by atoms with van der Waals surface area (Å²) in [5.41, 5.74) is 2.23. The smallest absolute Gasteiger partial charge is 0.340 e. The highest BCUT2D eigenvalue weighted by Gasteiger charge is 2.24. The van der Waals surface area contributed by atoms with Crippen molar-refractivity contribution in [3.63, 3.8) is 0 Å². The van der Waals surface area contributed by atoms with Gasteiger partial charge in [0.05, 0.1) is 25.1 Å². The number of benzene rings is 2. The van der Waals surface area contributed by atoms with Gasteiger partial charge in [0.1, 0.15) is 17.9 Å². The number of quaternary nitrogens is 1. The highest BCUT2D eigenvalue weighted by Crippen LogP contribution is 2.23. The molecule has 0 bridgehead atoms. The van der Waals surface area contributed by atoms with Gasteiger partial charge in [0.15, 0.2) is 0 Å². The predicted octanol–water partition coefficient (Wildman–Crippen LogP) is 1.71. The number of likely N-dealkylation sites (tertiary alicyclic amines) is 1. The maximum atomic E-state index is 12.6. The SMILES string of the molecule is Cc1c(CC(=O)NC2CC[NH+](Cc3ccccc3)CC2)c(=O)oc2cc(O)ccc12. The van der Waals surface area contributed by atoms with E-state index >= 15 is 0 Å². The first kappa shape index (κ1) is 20.2.